The second-order valence-corrected chi connectivity index (χ2v) is 3.28. The van der Waals surface area contributed by atoms with Crippen LogP contribution in [0.4, 0.5) is 0 Å². The summed E-state index contributed by atoms with van der Waals surface area (Å²) >= 11 is 4.22. The first-order valence-electron chi connectivity index (χ1n) is 4.07. The van der Waals surface area contributed by atoms with Crippen molar-refractivity contribution >= 4 is 23.5 Å². The van der Waals surface area contributed by atoms with Gasteiger partial charge in [0.2, 0.25) is 0 Å². The van der Waals surface area contributed by atoms with Crippen LogP contribution in [-0.4, -0.2) is 10.7 Å². The van der Waals surface area contributed by atoms with Gasteiger partial charge in [0.25, 0.3) is 0 Å². The summed E-state index contributed by atoms with van der Waals surface area (Å²) in [7, 11) is 0. The van der Waals surface area contributed by atoms with E-state index in [0.29, 0.717) is 0 Å². The van der Waals surface area contributed by atoms with Gasteiger partial charge in [-0.25, -0.2) is 0 Å². The first-order chi connectivity index (χ1) is 5.92. The second kappa shape index (κ2) is 3.23. The molecule has 0 spiro atoms. The normalized spacial score (nSPS) is 10.8. The van der Waals surface area contributed by atoms with Crippen LogP contribution < -0.4 is 0 Å². The molecule has 0 atom stereocenters. The number of aryl methyl sites for hydroxylation is 1. The zero-order chi connectivity index (χ0) is 8.39. The van der Waals surface area contributed by atoms with E-state index in [1.807, 2.05) is 6.20 Å². The molecule has 12 heavy (non-hydrogen) atoms. The molecule has 0 bridgehead atoms. The Bertz CT molecular complexity index is 378. The van der Waals surface area contributed by atoms with Crippen molar-refractivity contribution in [1.29, 1.82) is 0 Å². The molecular weight excluding hydrogens is 166 g/mol. The van der Waals surface area contributed by atoms with Crippen molar-refractivity contribution in [3.8, 4) is 0 Å². The highest BCUT2D eigenvalue weighted by molar-refractivity contribution is 7.80. The molecule has 0 radical (unpaired) electrons. The number of aromatic amines is 1. The molecule has 1 aromatic heterocycles. The number of hydrogen-bond donors (Lipinski definition) is 2. The topological polar surface area (TPSA) is 15.8 Å². The monoisotopic (exact) mass is 177 g/mol. The van der Waals surface area contributed by atoms with Gasteiger partial charge in [-0.2, -0.15) is 12.6 Å². The Labute approximate surface area is 77.2 Å². The number of benzene rings is 1. The Morgan fingerprint density at radius 3 is 3.00 bits per heavy atom. The van der Waals surface area contributed by atoms with Crippen molar-refractivity contribution in [3.63, 3.8) is 0 Å². The summed E-state index contributed by atoms with van der Waals surface area (Å²) in [5.74, 6) is 0.901. The molecule has 0 aliphatic carbocycles. The smallest absolute Gasteiger partial charge is 0.0486 e. The Morgan fingerprint density at radius 1 is 1.25 bits per heavy atom. The third kappa shape index (κ3) is 1.23. The first kappa shape index (κ1) is 7.74. The van der Waals surface area contributed by atoms with Crippen LogP contribution in [0.15, 0.2) is 30.5 Å². The highest BCUT2D eigenvalue weighted by Gasteiger charge is 1.99. The molecule has 62 valence electrons. The van der Waals surface area contributed by atoms with E-state index in [1.165, 1.54) is 16.5 Å². The van der Waals surface area contributed by atoms with Crippen LogP contribution in [0.2, 0.25) is 0 Å². The number of para-hydroxylation sites is 1. The Kier molecular flexibility index (Phi) is 2.09. The quantitative estimate of drug-likeness (QED) is 0.656. The summed E-state index contributed by atoms with van der Waals surface area (Å²) in [4.78, 5) is 3.24. The molecule has 1 aromatic carbocycles. The standard InChI is InChI=1S/C10H11NS/c12-7-5-9-3-1-2-8-4-6-11-10(8)9/h1-4,6,11-12H,5,7H2. The lowest BCUT2D eigenvalue weighted by atomic mass is 10.1. The van der Waals surface area contributed by atoms with Crippen LogP contribution in [-0.2, 0) is 6.42 Å². The number of hydrogen-bond acceptors (Lipinski definition) is 1. The fraction of sp³-hybridized carbons (Fsp3) is 0.200. The second-order valence-electron chi connectivity index (χ2n) is 2.83. The third-order valence-corrected chi connectivity index (χ3v) is 2.28. The number of fused-ring (bicyclic) bond motifs is 1. The molecule has 0 aliphatic heterocycles. The van der Waals surface area contributed by atoms with Crippen molar-refractivity contribution < 1.29 is 0 Å². The van der Waals surface area contributed by atoms with Gasteiger partial charge in [0, 0.05) is 11.7 Å². The number of nitrogens with one attached hydrogen (secondary N) is 1. The van der Waals surface area contributed by atoms with Crippen LogP contribution in [0, 0.1) is 0 Å². The molecule has 0 saturated heterocycles. The van der Waals surface area contributed by atoms with Gasteiger partial charge < -0.3 is 4.98 Å². The van der Waals surface area contributed by atoms with Crippen molar-refractivity contribution in [2.24, 2.45) is 0 Å². The van der Waals surface area contributed by atoms with Crippen LogP contribution in [0.1, 0.15) is 5.56 Å². The lowest BCUT2D eigenvalue weighted by molar-refractivity contribution is 1.17. The zero-order valence-electron chi connectivity index (χ0n) is 6.75. The average Bonchev–Trinajstić information content (AvgIpc) is 2.53. The number of H-pyrrole nitrogens is 1. The van der Waals surface area contributed by atoms with Crippen molar-refractivity contribution in [3.05, 3.63) is 36.0 Å². The van der Waals surface area contributed by atoms with Gasteiger partial charge in [0.15, 0.2) is 0 Å². The summed E-state index contributed by atoms with van der Waals surface area (Å²) in [6.45, 7) is 0. The van der Waals surface area contributed by atoms with E-state index in [9.17, 15) is 0 Å². The molecule has 1 N–H and O–H groups in total. The van der Waals surface area contributed by atoms with Crippen molar-refractivity contribution in [1.82, 2.24) is 4.98 Å². The Morgan fingerprint density at radius 2 is 2.17 bits per heavy atom. The summed E-state index contributed by atoms with van der Waals surface area (Å²) in [6.07, 6.45) is 3.01. The number of rotatable bonds is 2. The molecule has 0 amide bonds. The maximum Gasteiger partial charge on any atom is 0.0486 e. The van der Waals surface area contributed by atoms with Crippen molar-refractivity contribution in [2.75, 3.05) is 5.75 Å². The predicted molar refractivity (Wildman–Crippen MR) is 55.9 cm³/mol. The van der Waals surface area contributed by atoms with Crippen molar-refractivity contribution in [2.45, 2.75) is 6.42 Å². The largest absolute Gasteiger partial charge is 0.361 e. The Hall–Kier alpha value is -0.890. The SMILES string of the molecule is SCCc1cccc2cc[nH]c12. The minimum atomic E-state index is 0.901. The molecule has 2 heteroatoms. The zero-order valence-corrected chi connectivity index (χ0v) is 7.64. The summed E-state index contributed by atoms with van der Waals surface area (Å²) in [6, 6.07) is 8.45. The minimum Gasteiger partial charge on any atom is -0.361 e. The van der Waals surface area contributed by atoms with Crippen LogP contribution in [0.25, 0.3) is 10.9 Å². The van der Waals surface area contributed by atoms with Gasteiger partial charge in [-0.1, -0.05) is 18.2 Å². The Balaban J connectivity index is 2.57. The first-order valence-corrected chi connectivity index (χ1v) is 4.71. The molecule has 1 nitrogen and oxygen atoms in total. The van der Waals surface area contributed by atoms with E-state index in [1.54, 1.807) is 0 Å². The van der Waals surface area contributed by atoms with E-state index in [0.717, 1.165) is 12.2 Å². The molecule has 2 aromatic rings. The fourth-order valence-electron chi connectivity index (χ4n) is 1.48. The van der Waals surface area contributed by atoms with E-state index < -0.39 is 0 Å². The highest BCUT2D eigenvalue weighted by Crippen LogP contribution is 2.17. The molecule has 1 heterocycles. The molecule has 0 saturated carbocycles. The van der Waals surface area contributed by atoms with Gasteiger partial charge in [0.05, 0.1) is 0 Å². The fourth-order valence-corrected chi connectivity index (χ4v) is 1.72. The average molecular weight is 177 g/mol. The molecular formula is C10H11NS. The third-order valence-electron chi connectivity index (χ3n) is 2.05. The van der Waals surface area contributed by atoms with Crippen LogP contribution in [0.5, 0.6) is 0 Å². The van der Waals surface area contributed by atoms with Gasteiger partial charge in [-0.05, 0) is 29.2 Å². The van der Waals surface area contributed by atoms with E-state index >= 15 is 0 Å². The number of aromatic nitrogens is 1. The summed E-state index contributed by atoms with van der Waals surface area (Å²) in [5.41, 5.74) is 2.61. The van der Waals surface area contributed by atoms with E-state index in [2.05, 4.69) is 41.9 Å². The van der Waals surface area contributed by atoms with Gasteiger partial charge in [-0.15, -0.1) is 0 Å². The predicted octanol–water partition coefficient (Wildman–Crippen LogP) is 2.64. The molecule has 0 unspecified atom stereocenters. The van der Waals surface area contributed by atoms with Gasteiger partial charge >= 0.3 is 0 Å². The van der Waals surface area contributed by atoms with Crippen LogP contribution >= 0.6 is 12.6 Å². The summed E-state index contributed by atoms with van der Waals surface area (Å²) in [5, 5.41) is 1.29. The highest BCUT2D eigenvalue weighted by atomic mass is 32.1. The van der Waals surface area contributed by atoms with E-state index in [-0.39, 0.29) is 0 Å². The van der Waals surface area contributed by atoms with Gasteiger partial charge in [0.1, 0.15) is 0 Å². The van der Waals surface area contributed by atoms with Crippen LogP contribution in [0.3, 0.4) is 0 Å². The maximum atomic E-state index is 4.22. The maximum absolute atomic E-state index is 4.22. The lowest BCUT2D eigenvalue weighted by Crippen LogP contribution is -1.86. The molecule has 0 fully saturated rings. The molecule has 2 rings (SSSR count). The van der Waals surface area contributed by atoms with E-state index in [4.69, 9.17) is 0 Å². The summed E-state index contributed by atoms with van der Waals surface area (Å²) < 4.78 is 0. The number of thiol groups is 1. The van der Waals surface area contributed by atoms with Gasteiger partial charge in [-0.3, -0.25) is 0 Å². The lowest BCUT2D eigenvalue weighted by Gasteiger charge is -1.99. The minimum absolute atomic E-state index is 0.901. The molecule has 0 aliphatic rings.